The first kappa shape index (κ1) is 29.4. The van der Waals surface area contributed by atoms with E-state index in [9.17, 15) is 8.42 Å². The van der Waals surface area contributed by atoms with E-state index in [2.05, 4.69) is 87.7 Å². The molecule has 0 saturated heterocycles. The van der Waals surface area contributed by atoms with Crippen LogP contribution in [-0.2, 0) is 14.4 Å². The molecule has 0 bridgehead atoms. The number of sulfonamides is 1. The monoisotopic (exact) mass is 545 g/mol. The first-order chi connectivity index (χ1) is 18.1. The molecule has 0 aliphatic heterocycles. The molecular formula is C32H39NO3SSi. The molecule has 0 heterocycles. The highest BCUT2D eigenvalue weighted by atomic mass is 32.2. The van der Waals surface area contributed by atoms with Gasteiger partial charge in [0.1, 0.15) is 6.10 Å². The van der Waals surface area contributed by atoms with Gasteiger partial charge in [-0.1, -0.05) is 119 Å². The van der Waals surface area contributed by atoms with Crippen molar-refractivity contribution in [3.8, 4) is 11.8 Å². The highest BCUT2D eigenvalue weighted by Crippen LogP contribution is 2.38. The van der Waals surface area contributed by atoms with Crippen molar-refractivity contribution in [2.75, 3.05) is 6.54 Å². The topological polar surface area (TPSA) is 46.6 Å². The van der Waals surface area contributed by atoms with Gasteiger partial charge in [-0.25, -0.2) is 8.42 Å². The summed E-state index contributed by atoms with van der Waals surface area (Å²) in [4.78, 5) is 0.243. The lowest BCUT2D eigenvalue weighted by Gasteiger charge is -2.44. The van der Waals surface area contributed by atoms with E-state index in [0.717, 1.165) is 15.9 Å². The molecule has 38 heavy (non-hydrogen) atoms. The number of hydrogen-bond donors (Lipinski definition) is 0. The smallest absolute Gasteiger partial charge is 0.263 e. The molecular weight excluding hydrogens is 507 g/mol. The van der Waals surface area contributed by atoms with Crippen molar-refractivity contribution < 1.29 is 12.8 Å². The lowest BCUT2D eigenvalue weighted by molar-refractivity contribution is 0.224. The maximum atomic E-state index is 13.4. The molecule has 0 aromatic heterocycles. The van der Waals surface area contributed by atoms with Crippen molar-refractivity contribution in [3.63, 3.8) is 0 Å². The third kappa shape index (κ3) is 6.47. The van der Waals surface area contributed by atoms with Crippen molar-refractivity contribution in [2.45, 2.75) is 63.5 Å². The minimum absolute atomic E-state index is 0.209. The molecule has 0 spiro atoms. The summed E-state index contributed by atoms with van der Waals surface area (Å²) < 4.78 is 35.3. The molecule has 0 aliphatic rings. The van der Waals surface area contributed by atoms with Gasteiger partial charge in [-0.15, -0.1) is 5.92 Å². The van der Waals surface area contributed by atoms with Gasteiger partial charge < -0.3 is 4.43 Å². The largest absolute Gasteiger partial charge is 0.394 e. The summed E-state index contributed by atoms with van der Waals surface area (Å²) in [5, 5.41) is 2.11. The Morgan fingerprint density at radius 3 is 1.92 bits per heavy atom. The molecule has 200 valence electrons. The van der Waals surface area contributed by atoms with E-state index in [-0.39, 0.29) is 16.5 Å². The Labute approximate surface area is 230 Å². The van der Waals surface area contributed by atoms with Crippen LogP contribution < -0.4 is 10.4 Å². The van der Waals surface area contributed by atoms with Crippen molar-refractivity contribution in [3.05, 3.63) is 103 Å². The number of aryl methyl sites for hydroxylation is 1. The van der Waals surface area contributed by atoms with Crippen molar-refractivity contribution in [1.82, 2.24) is 4.31 Å². The van der Waals surface area contributed by atoms with Crippen LogP contribution in [0.3, 0.4) is 0 Å². The Balaban J connectivity index is 2.02. The fourth-order valence-electron chi connectivity index (χ4n) is 4.68. The zero-order chi connectivity index (χ0) is 27.8. The Bertz CT molecular complexity index is 1310. The number of benzene rings is 3. The number of nitrogens with zero attached hydrogens (tertiary/aromatic N) is 1. The van der Waals surface area contributed by atoms with Gasteiger partial charge in [-0.3, -0.25) is 4.31 Å². The van der Waals surface area contributed by atoms with Crippen LogP contribution >= 0.6 is 0 Å². The molecule has 0 amide bonds. The third-order valence-electron chi connectivity index (χ3n) is 6.62. The first-order valence-electron chi connectivity index (χ1n) is 13.0. The number of hydrogen-bond acceptors (Lipinski definition) is 3. The van der Waals surface area contributed by atoms with Crippen LogP contribution in [0.4, 0.5) is 0 Å². The summed E-state index contributed by atoms with van der Waals surface area (Å²) in [6.07, 6.45) is 2.02. The van der Waals surface area contributed by atoms with E-state index in [0.29, 0.717) is 12.8 Å². The molecule has 3 aromatic carbocycles. The minimum atomic E-state index is -3.74. The maximum Gasteiger partial charge on any atom is 0.263 e. The lowest BCUT2D eigenvalue weighted by Crippen LogP contribution is -2.67. The van der Waals surface area contributed by atoms with Gasteiger partial charge >= 0.3 is 0 Å². The van der Waals surface area contributed by atoms with Crippen LogP contribution in [0.15, 0.2) is 103 Å². The Morgan fingerprint density at radius 2 is 1.47 bits per heavy atom. The average Bonchev–Trinajstić information content (AvgIpc) is 2.90. The van der Waals surface area contributed by atoms with Crippen LogP contribution in [0.25, 0.3) is 0 Å². The molecule has 0 radical (unpaired) electrons. The predicted molar refractivity (Wildman–Crippen MR) is 160 cm³/mol. The van der Waals surface area contributed by atoms with Crippen LogP contribution in [-0.4, -0.2) is 33.7 Å². The maximum absolute atomic E-state index is 13.4. The quantitative estimate of drug-likeness (QED) is 0.236. The summed E-state index contributed by atoms with van der Waals surface area (Å²) in [5.41, 5.74) is 1.00. The minimum Gasteiger partial charge on any atom is -0.394 e. The zero-order valence-electron chi connectivity index (χ0n) is 23.1. The van der Waals surface area contributed by atoms with E-state index in [4.69, 9.17) is 4.43 Å². The van der Waals surface area contributed by atoms with Gasteiger partial charge in [0.25, 0.3) is 18.3 Å². The van der Waals surface area contributed by atoms with Crippen LogP contribution in [0.1, 0.15) is 46.1 Å². The molecule has 6 heteroatoms. The van der Waals surface area contributed by atoms with Gasteiger partial charge in [-0.2, -0.15) is 0 Å². The Hall–Kier alpha value is -3.11. The zero-order valence-corrected chi connectivity index (χ0v) is 25.0. The fourth-order valence-corrected chi connectivity index (χ4v) is 10.6. The normalized spacial score (nSPS) is 12.8. The molecule has 1 unspecified atom stereocenters. The molecule has 0 fully saturated rings. The Morgan fingerprint density at radius 1 is 0.947 bits per heavy atom. The Kier molecular flexibility index (Phi) is 9.78. The molecule has 3 aromatic rings. The van der Waals surface area contributed by atoms with Gasteiger partial charge in [0.15, 0.2) is 0 Å². The van der Waals surface area contributed by atoms with Gasteiger partial charge in [0.2, 0.25) is 0 Å². The summed E-state index contributed by atoms with van der Waals surface area (Å²) >= 11 is 0. The van der Waals surface area contributed by atoms with E-state index in [1.165, 1.54) is 10.5 Å². The van der Waals surface area contributed by atoms with Crippen molar-refractivity contribution in [1.29, 1.82) is 0 Å². The lowest BCUT2D eigenvalue weighted by atomic mass is 10.2. The van der Waals surface area contributed by atoms with Crippen LogP contribution in [0.2, 0.25) is 5.04 Å². The highest BCUT2D eigenvalue weighted by Gasteiger charge is 2.51. The second kappa shape index (κ2) is 12.6. The first-order valence-corrected chi connectivity index (χ1v) is 16.4. The number of rotatable bonds is 10. The molecule has 4 nitrogen and oxygen atoms in total. The van der Waals surface area contributed by atoms with E-state index >= 15 is 0 Å². The van der Waals surface area contributed by atoms with E-state index in [1.807, 2.05) is 26.0 Å². The van der Waals surface area contributed by atoms with Crippen LogP contribution in [0.5, 0.6) is 0 Å². The van der Waals surface area contributed by atoms with Crippen molar-refractivity contribution >= 4 is 28.7 Å². The average molecular weight is 546 g/mol. The second-order valence-corrected chi connectivity index (χ2v) is 16.5. The summed E-state index contributed by atoms with van der Waals surface area (Å²) in [6.45, 7) is 14.6. The van der Waals surface area contributed by atoms with Crippen molar-refractivity contribution in [2.24, 2.45) is 0 Å². The fraction of sp³-hybridized carbons (Fsp3) is 0.312. The summed E-state index contributed by atoms with van der Waals surface area (Å²) in [7, 11) is -6.59. The SMILES string of the molecule is C=CN(CCC(C#CCC)O[Si](c1ccccc1)(c1ccccc1)C(C)(C)C)S(=O)(=O)c1ccc(C)cc1. The standard InChI is InChI=1S/C32H39NO3SSi/c1-7-9-16-28(25-26-33(8-2)37(34,35)29-23-21-27(3)22-24-29)36-38(32(4,5)6,30-17-12-10-13-18-30)31-19-14-11-15-20-31/h8,10-15,17-24,28H,2,7,25-26H2,1,3-6H3. The molecule has 3 rings (SSSR count). The van der Waals surface area contributed by atoms with Gasteiger partial charge in [-0.05, 0) is 34.5 Å². The van der Waals surface area contributed by atoms with E-state index < -0.39 is 24.4 Å². The highest BCUT2D eigenvalue weighted by molar-refractivity contribution is 7.89. The molecule has 0 N–H and O–H groups in total. The summed E-state index contributed by atoms with van der Waals surface area (Å²) in [6, 6.07) is 27.7. The predicted octanol–water partition coefficient (Wildman–Crippen LogP) is 5.88. The van der Waals surface area contributed by atoms with E-state index in [1.54, 1.807) is 24.3 Å². The molecule has 1 atom stereocenters. The third-order valence-corrected chi connectivity index (χ3v) is 13.5. The molecule has 0 aliphatic carbocycles. The summed E-state index contributed by atoms with van der Waals surface area (Å²) in [5.74, 6) is 6.52. The second-order valence-electron chi connectivity index (χ2n) is 10.3. The van der Waals surface area contributed by atoms with Gasteiger partial charge in [0.05, 0.1) is 4.90 Å². The van der Waals surface area contributed by atoms with Gasteiger partial charge in [0, 0.05) is 25.6 Å². The van der Waals surface area contributed by atoms with Crippen LogP contribution in [0, 0.1) is 18.8 Å². The molecule has 0 saturated carbocycles.